The maximum atomic E-state index is 11.3. The third-order valence-corrected chi connectivity index (χ3v) is 3.40. The fourth-order valence-corrected chi connectivity index (χ4v) is 2.18. The molecule has 0 amide bonds. The largest absolute Gasteiger partial charge is 0.476 e. The van der Waals surface area contributed by atoms with E-state index < -0.39 is 5.97 Å². The summed E-state index contributed by atoms with van der Waals surface area (Å²) in [6.45, 7) is 7.46. The number of carboxylic acids is 1. The number of pyridine rings is 1. The molecular formula is C14H19N5O2. The lowest BCUT2D eigenvalue weighted by Gasteiger charge is -2.18. The van der Waals surface area contributed by atoms with Gasteiger partial charge in [-0.15, -0.1) is 5.10 Å². The Hall–Kier alpha value is -2.28. The van der Waals surface area contributed by atoms with Gasteiger partial charge in [0.05, 0.1) is 6.54 Å². The lowest BCUT2D eigenvalue weighted by Crippen LogP contribution is -2.27. The topological polar surface area (TPSA) is 84.1 Å². The van der Waals surface area contributed by atoms with E-state index in [0.717, 1.165) is 19.6 Å². The molecule has 0 saturated heterocycles. The predicted octanol–water partition coefficient (Wildman–Crippen LogP) is 1.38. The molecule has 2 heterocycles. The molecule has 1 N–H and O–H groups in total. The highest BCUT2D eigenvalue weighted by molar-refractivity contribution is 5.92. The first-order valence-corrected chi connectivity index (χ1v) is 6.96. The van der Waals surface area contributed by atoms with Crippen molar-refractivity contribution in [1.29, 1.82) is 0 Å². The Bertz CT molecular complexity index is 593. The van der Waals surface area contributed by atoms with Gasteiger partial charge in [0.25, 0.3) is 0 Å². The van der Waals surface area contributed by atoms with Crippen molar-refractivity contribution in [3.8, 4) is 11.3 Å². The molecule has 0 bridgehead atoms. The molecule has 0 fully saturated rings. The highest BCUT2D eigenvalue weighted by Gasteiger charge is 2.20. The summed E-state index contributed by atoms with van der Waals surface area (Å²) in [5, 5.41) is 17.0. The second-order valence-corrected chi connectivity index (χ2v) is 4.58. The molecule has 0 aliphatic rings. The van der Waals surface area contributed by atoms with Crippen molar-refractivity contribution in [2.45, 2.75) is 20.4 Å². The number of rotatable bonds is 7. The average molecular weight is 289 g/mol. The van der Waals surface area contributed by atoms with E-state index in [9.17, 15) is 9.90 Å². The summed E-state index contributed by atoms with van der Waals surface area (Å²) in [5.74, 6) is -1.08. The minimum absolute atomic E-state index is 0.0393. The summed E-state index contributed by atoms with van der Waals surface area (Å²) in [6, 6.07) is 3.58. The zero-order valence-electron chi connectivity index (χ0n) is 12.2. The van der Waals surface area contributed by atoms with Crippen molar-refractivity contribution < 1.29 is 9.90 Å². The Morgan fingerprint density at radius 2 is 2.14 bits per heavy atom. The normalized spacial score (nSPS) is 11.0. The summed E-state index contributed by atoms with van der Waals surface area (Å²) in [7, 11) is 0. The standard InChI is InChI=1S/C14H19N5O2/c1-3-18(4-2)8-9-19-13(11-6-5-7-15-10-11)12(14(20)21)16-17-19/h5-7,10H,3-4,8-9H2,1-2H3,(H,20,21). The lowest BCUT2D eigenvalue weighted by atomic mass is 10.1. The van der Waals surface area contributed by atoms with Crippen LogP contribution in [0.2, 0.25) is 0 Å². The van der Waals surface area contributed by atoms with Crippen molar-refractivity contribution in [2.24, 2.45) is 0 Å². The SMILES string of the molecule is CCN(CC)CCn1nnc(C(=O)O)c1-c1cccnc1. The van der Waals surface area contributed by atoms with Gasteiger partial charge in [0.2, 0.25) is 0 Å². The molecule has 0 spiro atoms. The quantitative estimate of drug-likeness (QED) is 0.829. The highest BCUT2D eigenvalue weighted by Crippen LogP contribution is 2.21. The minimum atomic E-state index is -1.08. The number of aromatic carboxylic acids is 1. The molecule has 0 aliphatic carbocycles. The molecule has 7 nitrogen and oxygen atoms in total. The van der Waals surface area contributed by atoms with E-state index in [1.165, 1.54) is 0 Å². The molecule has 7 heteroatoms. The Balaban J connectivity index is 2.32. The molecule has 0 aliphatic heterocycles. The van der Waals surface area contributed by atoms with Gasteiger partial charge in [0, 0.05) is 24.5 Å². The molecule has 21 heavy (non-hydrogen) atoms. The van der Waals surface area contributed by atoms with E-state index in [4.69, 9.17) is 0 Å². The second kappa shape index (κ2) is 6.94. The maximum Gasteiger partial charge on any atom is 0.358 e. The van der Waals surface area contributed by atoms with Gasteiger partial charge in [0.15, 0.2) is 5.69 Å². The summed E-state index contributed by atoms with van der Waals surface area (Å²) < 4.78 is 1.64. The Morgan fingerprint density at radius 1 is 1.38 bits per heavy atom. The van der Waals surface area contributed by atoms with Crippen LogP contribution in [-0.4, -0.2) is 55.6 Å². The fourth-order valence-electron chi connectivity index (χ4n) is 2.18. The fraction of sp³-hybridized carbons (Fsp3) is 0.429. The van der Waals surface area contributed by atoms with Gasteiger partial charge in [-0.05, 0) is 25.2 Å². The van der Waals surface area contributed by atoms with Crippen LogP contribution in [0.4, 0.5) is 0 Å². The number of nitrogens with zero attached hydrogens (tertiary/aromatic N) is 5. The lowest BCUT2D eigenvalue weighted by molar-refractivity contribution is 0.0691. The smallest absolute Gasteiger partial charge is 0.358 e. The number of likely N-dealkylation sites (N-methyl/N-ethyl adjacent to an activating group) is 1. The summed E-state index contributed by atoms with van der Waals surface area (Å²) in [4.78, 5) is 17.6. The number of carboxylic acid groups (broad SMARTS) is 1. The molecule has 112 valence electrons. The van der Waals surface area contributed by atoms with Crippen LogP contribution in [0.5, 0.6) is 0 Å². The van der Waals surface area contributed by atoms with Crippen LogP contribution in [0.1, 0.15) is 24.3 Å². The van der Waals surface area contributed by atoms with Crippen LogP contribution in [0.3, 0.4) is 0 Å². The summed E-state index contributed by atoms with van der Waals surface area (Å²) >= 11 is 0. The van der Waals surface area contributed by atoms with E-state index in [1.807, 2.05) is 6.07 Å². The third kappa shape index (κ3) is 3.43. The molecule has 2 aromatic rings. The van der Waals surface area contributed by atoms with Crippen molar-refractivity contribution in [3.05, 3.63) is 30.2 Å². The maximum absolute atomic E-state index is 11.3. The number of hydrogen-bond donors (Lipinski definition) is 1. The van der Waals surface area contributed by atoms with Crippen molar-refractivity contribution in [1.82, 2.24) is 24.9 Å². The molecule has 2 rings (SSSR count). The van der Waals surface area contributed by atoms with E-state index in [2.05, 4.69) is 34.0 Å². The molecular weight excluding hydrogens is 270 g/mol. The minimum Gasteiger partial charge on any atom is -0.476 e. The first-order valence-electron chi connectivity index (χ1n) is 6.96. The average Bonchev–Trinajstić information content (AvgIpc) is 2.93. The van der Waals surface area contributed by atoms with Crippen LogP contribution in [-0.2, 0) is 6.54 Å². The van der Waals surface area contributed by atoms with Crippen LogP contribution in [0.25, 0.3) is 11.3 Å². The van der Waals surface area contributed by atoms with Crippen molar-refractivity contribution in [2.75, 3.05) is 19.6 Å². The third-order valence-electron chi connectivity index (χ3n) is 3.40. The number of carbonyl (C=O) groups is 1. The van der Waals surface area contributed by atoms with Crippen LogP contribution < -0.4 is 0 Å². The molecule has 0 atom stereocenters. The highest BCUT2D eigenvalue weighted by atomic mass is 16.4. The van der Waals surface area contributed by atoms with Gasteiger partial charge in [-0.2, -0.15) is 0 Å². The second-order valence-electron chi connectivity index (χ2n) is 4.58. The monoisotopic (exact) mass is 289 g/mol. The molecule has 0 saturated carbocycles. The summed E-state index contributed by atoms with van der Waals surface area (Å²) in [5.41, 5.74) is 1.17. The van der Waals surface area contributed by atoms with Gasteiger partial charge in [0.1, 0.15) is 5.69 Å². The number of hydrogen-bond acceptors (Lipinski definition) is 5. The van der Waals surface area contributed by atoms with E-state index in [0.29, 0.717) is 17.8 Å². The van der Waals surface area contributed by atoms with Gasteiger partial charge < -0.3 is 10.0 Å². The Kier molecular flexibility index (Phi) is 4.99. The molecule has 0 radical (unpaired) electrons. The van der Waals surface area contributed by atoms with E-state index in [1.54, 1.807) is 23.1 Å². The van der Waals surface area contributed by atoms with Gasteiger partial charge in [-0.3, -0.25) is 4.98 Å². The van der Waals surface area contributed by atoms with Crippen molar-refractivity contribution >= 4 is 5.97 Å². The summed E-state index contributed by atoms with van der Waals surface area (Å²) in [6.07, 6.45) is 3.27. The molecule has 0 unspecified atom stereocenters. The first kappa shape index (κ1) is 15.1. The van der Waals surface area contributed by atoms with E-state index >= 15 is 0 Å². The van der Waals surface area contributed by atoms with Crippen LogP contribution in [0, 0.1) is 0 Å². The molecule has 2 aromatic heterocycles. The molecule has 0 aromatic carbocycles. The van der Waals surface area contributed by atoms with Crippen LogP contribution >= 0.6 is 0 Å². The predicted molar refractivity (Wildman–Crippen MR) is 78.0 cm³/mol. The van der Waals surface area contributed by atoms with E-state index in [-0.39, 0.29) is 5.69 Å². The van der Waals surface area contributed by atoms with Gasteiger partial charge in [-0.1, -0.05) is 19.1 Å². The zero-order chi connectivity index (χ0) is 15.2. The Morgan fingerprint density at radius 3 is 2.71 bits per heavy atom. The first-order chi connectivity index (χ1) is 10.2. The number of aromatic nitrogens is 4. The van der Waals surface area contributed by atoms with Gasteiger partial charge >= 0.3 is 5.97 Å². The Labute approximate surface area is 123 Å². The zero-order valence-corrected chi connectivity index (χ0v) is 12.2. The van der Waals surface area contributed by atoms with Crippen molar-refractivity contribution in [3.63, 3.8) is 0 Å². The van der Waals surface area contributed by atoms with Crippen LogP contribution in [0.15, 0.2) is 24.5 Å². The van der Waals surface area contributed by atoms with Gasteiger partial charge in [-0.25, -0.2) is 9.48 Å².